The van der Waals surface area contributed by atoms with E-state index in [1.807, 2.05) is 0 Å². The Balaban J connectivity index is 1.31. The molecule has 2 aromatic carbocycles. The molecule has 46 heavy (non-hydrogen) atoms. The molecule has 2 saturated heterocycles. The van der Waals surface area contributed by atoms with Crippen LogP contribution < -0.4 is 5.84 Å². The Bertz CT molecular complexity index is 1530. The number of hydrazone groups is 1. The lowest BCUT2D eigenvalue weighted by atomic mass is 9.93. The Morgan fingerprint density at radius 2 is 1.59 bits per heavy atom. The molecule has 248 valence electrons. The molecular weight excluding hydrogens is 630 g/mol. The van der Waals surface area contributed by atoms with Crippen molar-refractivity contribution >= 4 is 23.7 Å². The van der Waals surface area contributed by atoms with Crippen molar-refractivity contribution in [3.8, 4) is 11.3 Å². The number of aliphatic imine (C=N–C) groups is 1. The third kappa shape index (κ3) is 7.27. The normalized spacial score (nSPS) is 32.2. The van der Waals surface area contributed by atoms with E-state index in [1.165, 1.54) is 53.5 Å². The van der Waals surface area contributed by atoms with Gasteiger partial charge < -0.3 is 46.0 Å². The maximum atomic E-state index is 13.8. The van der Waals surface area contributed by atoms with Gasteiger partial charge in [0, 0.05) is 23.1 Å². The first kappa shape index (κ1) is 34.0. The van der Waals surface area contributed by atoms with E-state index >= 15 is 0 Å². The molecule has 2 aliphatic rings. The average molecular weight is 665 g/mol. The van der Waals surface area contributed by atoms with Gasteiger partial charge in [0.15, 0.2) is 0 Å². The number of rotatable bonds is 10. The maximum Gasteiger partial charge on any atom is 0.132 e. The van der Waals surface area contributed by atoms with Gasteiger partial charge >= 0.3 is 0 Å². The van der Waals surface area contributed by atoms with Gasteiger partial charge in [-0.15, -0.1) is 16.9 Å². The maximum absolute atomic E-state index is 13.8. The minimum absolute atomic E-state index is 0.0441. The van der Waals surface area contributed by atoms with E-state index in [1.54, 1.807) is 12.1 Å². The van der Waals surface area contributed by atoms with E-state index in [9.17, 15) is 39.4 Å². The van der Waals surface area contributed by atoms with Crippen molar-refractivity contribution in [1.82, 2.24) is 15.0 Å². The van der Waals surface area contributed by atoms with Crippen molar-refractivity contribution in [3.05, 3.63) is 71.9 Å². The summed E-state index contributed by atoms with van der Waals surface area (Å²) in [5, 5.41) is 75.6. The molecule has 3 aromatic rings. The van der Waals surface area contributed by atoms with E-state index < -0.39 is 85.1 Å². The van der Waals surface area contributed by atoms with Crippen LogP contribution >= 0.6 is 11.8 Å². The highest BCUT2D eigenvalue weighted by Crippen LogP contribution is 2.36. The number of ether oxygens (including phenoxy) is 2. The highest BCUT2D eigenvalue weighted by molar-refractivity contribution is 7.99. The van der Waals surface area contributed by atoms with E-state index in [0.717, 1.165) is 11.8 Å². The van der Waals surface area contributed by atoms with Crippen molar-refractivity contribution in [1.29, 1.82) is 0 Å². The lowest BCUT2D eigenvalue weighted by Crippen LogP contribution is -2.58. The number of nitrogens with two attached hydrogens (primary N) is 1. The molecule has 0 bridgehead atoms. The van der Waals surface area contributed by atoms with E-state index in [0.29, 0.717) is 11.1 Å². The summed E-state index contributed by atoms with van der Waals surface area (Å²) in [4.78, 5) is 4.25. The van der Waals surface area contributed by atoms with Gasteiger partial charge in [-0.25, -0.2) is 13.5 Å². The number of hydrogen-bond donors (Lipinski definition) is 7. The number of aliphatic hydroxyl groups is 6. The van der Waals surface area contributed by atoms with Crippen LogP contribution in [0.5, 0.6) is 0 Å². The molecule has 10 atom stereocenters. The Morgan fingerprint density at radius 3 is 2.26 bits per heavy atom. The van der Waals surface area contributed by atoms with Gasteiger partial charge in [0.05, 0.1) is 25.5 Å². The van der Waals surface area contributed by atoms with Gasteiger partial charge in [0.1, 0.15) is 77.2 Å². The van der Waals surface area contributed by atoms with Gasteiger partial charge in [-0.05, 0) is 24.3 Å². The summed E-state index contributed by atoms with van der Waals surface area (Å²) < 4.78 is 40.2. The second kappa shape index (κ2) is 15.0. The number of halogens is 2. The van der Waals surface area contributed by atoms with Gasteiger partial charge in [0.25, 0.3) is 0 Å². The third-order valence-corrected chi connectivity index (χ3v) is 9.07. The number of thioether (sulfide) groups is 1. The third-order valence-electron chi connectivity index (χ3n) is 7.83. The quantitative estimate of drug-likeness (QED) is 0.0806. The fourth-order valence-electron chi connectivity index (χ4n) is 5.39. The second-order valence-electron chi connectivity index (χ2n) is 10.8. The summed E-state index contributed by atoms with van der Waals surface area (Å²) in [5.74, 6) is 4.41. The summed E-state index contributed by atoms with van der Waals surface area (Å²) in [6.07, 6.45) is -6.36. The van der Waals surface area contributed by atoms with Crippen molar-refractivity contribution < 1.29 is 48.9 Å². The smallest absolute Gasteiger partial charge is 0.132 e. The zero-order chi connectivity index (χ0) is 33.0. The summed E-state index contributed by atoms with van der Waals surface area (Å²) in [6, 6.07) is 8.75. The van der Waals surface area contributed by atoms with Crippen molar-refractivity contribution in [2.45, 2.75) is 60.2 Å². The van der Waals surface area contributed by atoms with Gasteiger partial charge in [-0.2, -0.15) is 5.10 Å². The fourth-order valence-corrected chi connectivity index (χ4v) is 6.62. The Labute approximate surface area is 265 Å². The second-order valence-corrected chi connectivity index (χ2v) is 11.9. The SMILES string of the molecule is NN=C(C=NC1C(O)[C@H](SCC2O[C@H](CO)C(O)C(n3cc(-c4cccc(F)c4)nn3)[C@H]2O)OC(CO)[C@@H]1O)c1cccc(F)c1. The Morgan fingerprint density at radius 1 is 0.913 bits per heavy atom. The summed E-state index contributed by atoms with van der Waals surface area (Å²) >= 11 is 0.986. The predicted octanol–water partition coefficient (Wildman–Crippen LogP) is -0.779. The van der Waals surface area contributed by atoms with Crippen molar-refractivity contribution in [3.63, 3.8) is 0 Å². The van der Waals surface area contributed by atoms with Gasteiger partial charge in [-0.3, -0.25) is 4.99 Å². The standard InChI is InChI=1S/C29H34F2N6O8S/c30-16-5-1-3-14(7-16)18(34-32)9-33-23-25(40)20(11-38)45-29(28(23)43)46-13-22-27(42)24(26(41)21(12-39)44-22)37-10-19(35-36-37)15-4-2-6-17(31)8-15/h1-10,20-29,38-43H,11-13,32H2/t20?,21-,22?,23?,24?,25+,26?,27+,28?,29+/m1/s1. The first-order valence-corrected chi connectivity index (χ1v) is 15.3. The minimum Gasteiger partial charge on any atom is -0.394 e. The first-order chi connectivity index (χ1) is 22.1. The summed E-state index contributed by atoms with van der Waals surface area (Å²) in [5.41, 5.74) is 0.00380. The van der Waals surface area contributed by atoms with Crippen LogP contribution in [0.1, 0.15) is 11.6 Å². The molecule has 0 saturated carbocycles. The van der Waals surface area contributed by atoms with Crippen LogP contribution in [0.4, 0.5) is 8.78 Å². The highest BCUT2D eigenvalue weighted by Gasteiger charge is 2.48. The molecule has 5 rings (SSSR count). The fraction of sp³-hybridized carbons (Fsp3) is 0.448. The van der Waals surface area contributed by atoms with Crippen LogP contribution in [0.25, 0.3) is 11.3 Å². The van der Waals surface area contributed by atoms with Crippen LogP contribution in [0.2, 0.25) is 0 Å². The predicted molar refractivity (Wildman–Crippen MR) is 162 cm³/mol. The monoisotopic (exact) mass is 664 g/mol. The van der Waals surface area contributed by atoms with Crippen molar-refractivity contribution in [2.75, 3.05) is 19.0 Å². The minimum atomic E-state index is -1.44. The van der Waals surface area contributed by atoms with Gasteiger partial charge in [0.2, 0.25) is 0 Å². The van der Waals surface area contributed by atoms with Gasteiger partial charge in [-0.1, -0.05) is 29.5 Å². The Hall–Kier alpha value is -3.39. The molecule has 14 nitrogen and oxygen atoms in total. The van der Waals surface area contributed by atoms with Crippen LogP contribution in [-0.2, 0) is 9.47 Å². The van der Waals surface area contributed by atoms with E-state index in [4.69, 9.17) is 15.3 Å². The van der Waals surface area contributed by atoms with Crippen LogP contribution in [0.15, 0.2) is 64.8 Å². The lowest BCUT2D eigenvalue weighted by Gasteiger charge is -2.43. The molecule has 3 heterocycles. The zero-order valence-corrected chi connectivity index (χ0v) is 25.0. The first-order valence-electron chi connectivity index (χ1n) is 14.3. The zero-order valence-electron chi connectivity index (χ0n) is 24.1. The number of hydrogen-bond acceptors (Lipinski definition) is 14. The van der Waals surface area contributed by atoms with E-state index in [2.05, 4.69) is 20.4 Å². The molecule has 1 aromatic heterocycles. The van der Waals surface area contributed by atoms with E-state index in [-0.39, 0.29) is 17.2 Å². The summed E-state index contributed by atoms with van der Waals surface area (Å²) in [6.45, 7) is -1.20. The molecule has 17 heteroatoms. The highest BCUT2D eigenvalue weighted by atomic mass is 32.2. The van der Waals surface area contributed by atoms with Crippen LogP contribution in [0.3, 0.4) is 0 Å². The topological polar surface area (TPSA) is 221 Å². The Kier molecular flexibility index (Phi) is 11.1. The van der Waals surface area contributed by atoms with Crippen molar-refractivity contribution in [2.24, 2.45) is 15.9 Å². The largest absolute Gasteiger partial charge is 0.394 e. The number of aliphatic hydroxyl groups excluding tert-OH is 6. The average Bonchev–Trinajstić information content (AvgIpc) is 3.53. The number of nitrogens with zero attached hydrogens (tertiary/aromatic N) is 5. The molecule has 2 fully saturated rings. The van der Waals surface area contributed by atoms with Crippen LogP contribution in [0, 0.1) is 11.6 Å². The molecule has 0 spiro atoms. The lowest BCUT2D eigenvalue weighted by molar-refractivity contribution is -0.198. The molecule has 6 unspecified atom stereocenters. The molecule has 0 amide bonds. The van der Waals surface area contributed by atoms with Crippen LogP contribution in [-0.4, -0.2) is 131 Å². The molecule has 0 aliphatic carbocycles. The number of benzene rings is 2. The molecule has 8 N–H and O–H groups in total. The summed E-state index contributed by atoms with van der Waals surface area (Å²) in [7, 11) is 0. The molecular formula is C29H34F2N6O8S. The molecule has 0 radical (unpaired) electrons. The number of aromatic nitrogens is 3. The molecule has 2 aliphatic heterocycles.